The van der Waals surface area contributed by atoms with Crippen molar-refractivity contribution < 1.29 is 9.72 Å². The maximum absolute atomic E-state index is 11.9. The van der Waals surface area contributed by atoms with Crippen LogP contribution in [0.15, 0.2) is 64.9 Å². The van der Waals surface area contributed by atoms with Crippen molar-refractivity contribution in [2.24, 2.45) is 0 Å². The molecule has 0 heterocycles. The van der Waals surface area contributed by atoms with Gasteiger partial charge in [-0.3, -0.25) is 14.9 Å². The van der Waals surface area contributed by atoms with Crippen molar-refractivity contribution in [1.82, 2.24) is 0 Å². The summed E-state index contributed by atoms with van der Waals surface area (Å²) >= 11 is 1.42. The minimum absolute atomic E-state index is 0.0135. The SMILES string of the molecule is Cc1c(NC(=O)/C=C/Sc2ccccc2)cccc1[N+](=O)[O-]. The van der Waals surface area contributed by atoms with Crippen LogP contribution in [0.2, 0.25) is 0 Å². The zero-order valence-corrected chi connectivity index (χ0v) is 12.7. The first kappa shape index (κ1) is 15.8. The number of carbonyl (C=O) groups excluding carboxylic acids is 1. The number of hydrogen-bond acceptors (Lipinski definition) is 4. The molecule has 2 rings (SSSR count). The first-order chi connectivity index (χ1) is 10.6. The summed E-state index contributed by atoms with van der Waals surface area (Å²) in [7, 11) is 0. The summed E-state index contributed by atoms with van der Waals surface area (Å²) in [6, 6.07) is 14.2. The van der Waals surface area contributed by atoms with E-state index in [1.165, 1.54) is 23.9 Å². The van der Waals surface area contributed by atoms with Crippen molar-refractivity contribution in [3.05, 3.63) is 75.7 Å². The summed E-state index contributed by atoms with van der Waals surface area (Å²) in [5.41, 5.74) is 0.860. The molecular weight excluding hydrogens is 300 g/mol. The molecule has 112 valence electrons. The molecule has 0 spiro atoms. The number of carbonyl (C=O) groups is 1. The number of nitro benzene ring substituents is 1. The lowest BCUT2D eigenvalue weighted by Gasteiger charge is -2.06. The number of benzene rings is 2. The summed E-state index contributed by atoms with van der Waals surface area (Å²) < 4.78 is 0. The van der Waals surface area contributed by atoms with Gasteiger partial charge < -0.3 is 5.32 Å². The molecule has 0 atom stereocenters. The van der Waals surface area contributed by atoms with Crippen LogP contribution in [0.1, 0.15) is 5.56 Å². The Morgan fingerprint density at radius 3 is 2.59 bits per heavy atom. The van der Waals surface area contributed by atoms with Crippen molar-refractivity contribution in [2.75, 3.05) is 5.32 Å². The van der Waals surface area contributed by atoms with Crippen molar-refractivity contribution in [3.63, 3.8) is 0 Å². The Hall–Kier alpha value is -2.60. The van der Waals surface area contributed by atoms with Gasteiger partial charge in [0.15, 0.2) is 0 Å². The zero-order chi connectivity index (χ0) is 15.9. The van der Waals surface area contributed by atoms with Crippen LogP contribution in [0.5, 0.6) is 0 Å². The third kappa shape index (κ3) is 4.20. The van der Waals surface area contributed by atoms with Gasteiger partial charge >= 0.3 is 0 Å². The van der Waals surface area contributed by atoms with Gasteiger partial charge in [0.1, 0.15) is 0 Å². The Balaban J connectivity index is 2.00. The van der Waals surface area contributed by atoms with Crippen molar-refractivity contribution >= 4 is 29.0 Å². The number of nitrogens with one attached hydrogen (secondary N) is 1. The highest BCUT2D eigenvalue weighted by Crippen LogP contribution is 2.25. The van der Waals surface area contributed by atoms with Crippen LogP contribution in [-0.4, -0.2) is 10.8 Å². The van der Waals surface area contributed by atoms with Crippen LogP contribution < -0.4 is 5.32 Å². The molecule has 0 aromatic heterocycles. The molecular formula is C16H14N2O3S. The summed E-state index contributed by atoms with van der Waals surface area (Å²) in [6.45, 7) is 1.61. The Morgan fingerprint density at radius 2 is 1.91 bits per heavy atom. The molecule has 5 nitrogen and oxygen atoms in total. The van der Waals surface area contributed by atoms with Crippen LogP contribution in [0.3, 0.4) is 0 Å². The average Bonchev–Trinajstić information content (AvgIpc) is 2.50. The fourth-order valence-corrected chi connectivity index (χ4v) is 2.47. The number of amides is 1. The van der Waals surface area contributed by atoms with Gasteiger partial charge in [0.2, 0.25) is 5.91 Å². The molecule has 0 radical (unpaired) electrons. The molecule has 22 heavy (non-hydrogen) atoms. The lowest BCUT2D eigenvalue weighted by atomic mass is 10.1. The highest BCUT2D eigenvalue weighted by Gasteiger charge is 2.13. The van der Waals surface area contributed by atoms with E-state index in [4.69, 9.17) is 0 Å². The van der Waals surface area contributed by atoms with E-state index < -0.39 is 4.92 Å². The van der Waals surface area contributed by atoms with E-state index in [9.17, 15) is 14.9 Å². The van der Waals surface area contributed by atoms with Crippen LogP contribution in [0, 0.1) is 17.0 Å². The van der Waals surface area contributed by atoms with E-state index in [0.29, 0.717) is 11.3 Å². The number of nitrogens with zero attached hydrogens (tertiary/aromatic N) is 1. The van der Waals surface area contributed by atoms with Crippen molar-refractivity contribution in [2.45, 2.75) is 11.8 Å². The van der Waals surface area contributed by atoms with E-state index in [-0.39, 0.29) is 11.6 Å². The molecule has 0 aliphatic carbocycles. The van der Waals surface area contributed by atoms with Gasteiger partial charge in [-0.05, 0) is 30.5 Å². The molecule has 0 saturated heterocycles. The highest BCUT2D eigenvalue weighted by atomic mass is 32.2. The molecule has 0 unspecified atom stereocenters. The number of thioether (sulfide) groups is 1. The predicted molar refractivity (Wildman–Crippen MR) is 87.9 cm³/mol. The Morgan fingerprint density at radius 1 is 1.18 bits per heavy atom. The smallest absolute Gasteiger partial charge is 0.274 e. The molecule has 0 saturated carbocycles. The van der Waals surface area contributed by atoms with Crippen LogP contribution in [-0.2, 0) is 4.79 Å². The second kappa shape index (κ2) is 7.42. The summed E-state index contributed by atoms with van der Waals surface area (Å²) in [5.74, 6) is -0.327. The maximum Gasteiger partial charge on any atom is 0.274 e. The maximum atomic E-state index is 11.9. The number of nitro groups is 1. The van der Waals surface area contributed by atoms with E-state index in [2.05, 4.69) is 5.32 Å². The average molecular weight is 314 g/mol. The van der Waals surface area contributed by atoms with Crippen LogP contribution >= 0.6 is 11.8 Å². The van der Waals surface area contributed by atoms with Crippen molar-refractivity contribution in [3.8, 4) is 0 Å². The summed E-state index contributed by atoms with van der Waals surface area (Å²) in [4.78, 5) is 23.3. The lowest BCUT2D eigenvalue weighted by molar-refractivity contribution is -0.385. The molecule has 2 aromatic rings. The molecule has 0 aliphatic heterocycles. The standard InChI is InChI=1S/C16H14N2O3S/c1-12-14(8-5-9-15(12)18(20)21)17-16(19)10-11-22-13-6-3-2-4-7-13/h2-11H,1H3,(H,17,19)/b11-10+. The molecule has 1 N–H and O–H groups in total. The highest BCUT2D eigenvalue weighted by molar-refractivity contribution is 8.02. The van der Waals surface area contributed by atoms with E-state index >= 15 is 0 Å². The third-order valence-electron chi connectivity index (χ3n) is 2.93. The second-order valence-electron chi connectivity index (χ2n) is 4.43. The fourth-order valence-electron chi connectivity index (χ4n) is 1.80. The lowest BCUT2D eigenvalue weighted by Crippen LogP contribution is -2.09. The predicted octanol–water partition coefficient (Wildman–Crippen LogP) is 4.15. The Kier molecular flexibility index (Phi) is 5.32. The molecule has 0 bridgehead atoms. The van der Waals surface area contributed by atoms with Gasteiger partial charge in [-0.2, -0.15) is 0 Å². The largest absolute Gasteiger partial charge is 0.322 e. The monoisotopic (exact) mass is 314 g/mol. The Bertz CT molecular complexity index is 715. The molecule has 0 aliphatic rings. The quantitative estimate of drug-likeness (QED) is 0.389. The summed E-state index contributed by atoms with van der Waals surface area (Å²) in [5, 5.41) is 15.2. The third-order valence-corrected chi connectivity index (χ3v) is 3.74. The first-order valence-corrected chi connectivity index (χ1v) is 7.39. The van der Waals surface area contributed by atoms with Gasteiger partial charge in [0, 0.05) is 17.0 Å². The van der Waals surface area contributed by atoms with Gasteiger partial charge in [0.25, 0.3) is 5.69 Å². The topological polar surface area (TPSA) is 72.2 Å². The molecule has 0 fully saturated rings. The zero-order valence-electron chi connectivity index (χ0n) is 11.9. The van der Waals surface area contributed by atoms with E-state index in [0.717, 1.165) is 4.90 Å². The van der Waals surface area contributed by atoms with Crippen LogP contribution in [0.4, 0.5) is 11.4 Å². The molecule has 1 amide bonds. The van der Waals surface area contributed by atoms with Gasteiger partial charge in [-0.25, -0.2) is 0 Å². The second-order valence-corrected chi connectivity index (χ2v) is 5.41. The Labute approximate surface area is 132 Å². The molecule has 6 heteroatoms. The van der Waals surface area contributed by atoms with Gasteiger partial charge in [-0.1, -0.05) is 36.0 Å². The van der Waals surface area contributed by atoms with E-state index in [1.807, 2.05) is 30.3 Å². The normalized spacial score (nSPS) is 10.6. The number of rotatable bonds is 5. The molecule has 2 aromatic carbocycles. The number of anilines is 1. The fraction of sp³-hybridized carbons (Fsp3) is 0.0625. The summed E-state index contributed by atoms with van der Waals surface area (Å²) in [6.07, 6.45) is 1.40. The minimum atomic E-state index is -0.466. The number of hydrogen-bond donors (Lipinski definition) is 1. The minimum Gasteiger partial charge on any atom is -0.322 e. The first-order valence-electron chi connectivity index (χ1n) is 6.51. The van der Waals surface area contributed by atoms with Crippen molar-refractivity contribution in [1.29, 1.82) is 0 Å². The van der Waals surface area contributed by atoms with Gasteiger partial charge in [0.05, 0.1) is 16.2 Å². The van der Waals surface area contributed by atoms with Gasteiger partial charge in [-0.15, -0.1) is 0 Å². The van der Waals surface area contributed by atoms with Crippen LogP contribution in [0.25, 0.3) is 0 Å². The van der Waals surface area contributed by atoms with E-state index in [1.54, 1.807) is 24.5 Å².